The Hall–Kier alpha value is -0.0213. The zero-order valence-corrected chi connectivity index (χ0v) is 19.5. The van der Waals surface area contributed by atoms with E-state index in [1.807, 2.05) is 25.1 Å². The fourth-order valence-electron chi connectivity index (χ4n) is 3.86. The Morgan fingerprint density at radius 1 is 0.792 bits per heavy atom. The van der Waals surface area contributed by atoms with Gasteiger partial charge in [-0.1, -0.05) is 0 Å². The van der Waals surface area contributed by atoms with E-state index >= 15 is 0 Å². The first kappa shape index (κ1) is 22.0. The molecule has 0 fully saturated rings. The first-order chi connectivity index (χ1) is 11.5. The molecule has 1 unspecified atom stereocenters. The van der Waals surface area contributed by atoms with Crippen molar-refractivity contribution in [2.45, 2.75) is 96.0 Å². The van der Waals surface area contributed by atoms with Crippen molar-refractivity contribution in [1.82, 2.24) is 0 Å². The summed E-state index contributed by atoms with van der Waals surface area (Å²) in [6, 6.07) is 10.3. The zero-order chi connectivity index (χ0) is 17.9. The van der Waals surface area contributed by atoms with E-state index in [1.165, 1.54) is 56.3 Å². The van der Waals surface area contributed by atoms with Gasteiger partial charge in [0.05, 0.1) is 0 Å². The Morgan fingerprint density at radius 3 is 1.67 bits per heavy atom. The Bertz CT molecular complexity index is 405. The average Bonchev–Trinajstić information content (AvgIpc) is 2.61. The quantitative estimate of drug-likeness (QED) is 0.324. The normalized spacial score (nSPS) is 14.5. The van der Waals surface area contributed by atoms with Gasteiger partial charge in [0.15, 0.2) is 0 Å². The average molecular weight is 439 g/mol. The number of hydrogen-bond acceptors (Lipinski definition) is 1. The van der Waals surface area contributed by atoms with Crippen molar-refractivity contribution in [3.8, 4) is 0 Å². The van der Waals surface area contributed by atoms with Gasteiger partial charge < -0.3 is 0 Å². The second-order valence-corrected chi connectivity index (χ2v) is 22.2. The molecule has 1 N–H and O–H groups in total. The third-order valence-electron chi connectivity index (χ3n) is 5.72. The first-order valence-corrected chi connectivity index (χ1v) is 18.3. The molecule has 0 saturated carbocycles. The molecule has 1 aromatic rings. The zero-order valence-electron chi connectivity index (χ0n) is 16.6. The molecule has 2 heteroatoms. The van der Waals surface area contributed by atoms with Crippen LogP contribution in [-0.4, -0.2) is 23.5 Å². The molecule has 0 aliphatic carbocycles. The van der Waals surface area contributed by atoms with E-state index in [2.05, 4.69) is 32.9 Å². The minimum absolute atomic E-state index is 0.659. The minimum atomic E-state index is -2.13. The molecule has 1 nitrogen and oxygen atoms in total. The van der Waals surface area contributed by atoms with Crippen molar-refractivity contribution in [2.24, 2.45) is 0 Å². The van der Waals surface area contributed by atoms with Crippen molar-refractivity contribution in [2.75, 3.05) is 0 Å². The Kier molecular flexibility index (Phi) is 10.6. The third-order valence-corrected chi connectivity index (χ3v) is 21.6. The van der Waals surface area contributed by atoms with Gasteiger partial charge in [0.1, 0.15) is 0 Å². The van der Waals surface area contributed by atoms with E-state index in [4.69, 9.17) is 0 Å². The topological polar surface area (TPSA) is 20.2 Å². The SMILES string of the molecule is CCC[CH2][Sn]([CH2]CCC)([CH2]CCC)[CH2]CC(C)(O)c1ccccc1. The van der Waals surface area contributed by atoms with Gasteiger partial charge in [-0.15, -0.1) is 0 Å². The fraction of sp³-hybridized carbons (Fsp3) is 0.727. The van der Waals surface area contributed by atoms with Crippen molar-refractivity contribution in [1.29, 1.82) is 0 Å². The van der Waals surface area contributed by atoms with Gasteiger partial charge in [-0.25, -0.2) is 0 Å². The third kappa shape index (κ3) is 7.47. The van der Waals surface area contributed by atoms with Gasteiger partial charge in [0.25, 0.3) is 0 Å². The van der Waals surface area contributed by atoms with E-state index in [0.29, 0.717) is 0 Å². The van der Waals surface area contributed by atoms with Crippen LogP contribution in [0.2, 0.25) is 17.7 Å². The molecule has 1 atom stereocenters. The molecular weight excluding hydrogens is 399 g/mol. The number of aliphatic hydroxyl groups is 1. The van der Waals surface area contributed by atoms with E-state index in [0.717, 1.165) is 12.0 Å². The molecule has 0 spiro atoms. The van der Waals surface area contributed by atoms with Crippen LogP contribution >= 0.6 is 0 Å². The predicted octanol–water partition coefficient (Wildman–Crippen LogP) is 7.13. The molecule has 0 aromatic heterocycles. The van der Waals surface area contributed by atoms with Crippen molar-refractivity contribution in [3.63, 3.8) is 0 Å². The Labute approximate surface area is 155 Å². The summed E-state index contributed by atoms with van der Waals surface area (Å²) in [6.45, 7) is 9.02. The van der Waals surface area contributed by atoms with Crippen LogP contribution in [-0.2, 0) is 5.60 Å². The molecule has 138 valence electrons. The van der Waals surface area contributed by atoms with Gasteiger partial charge in [-0.05, 0) is 0 Å². The van der Waals surface area contributed by atoms with E-state index in [-0.39, 0.29) is 0 Å². The summed E-state index contributed by atoms with van der Waals surface area (Å²) in [5.74, 6) is 0. The molecule has 0 amide bonds. The standard InChI is InChI=1S/C10H13O.3C4H9.Sn/c1-3-10(2,11)9-7-5-4-6-8-9;3*1-3-4-2;/h4-8,11H,1,3H2,2H3;3*1,3-4H2,2H3;. The van der Waals surface area contributed by atoms with Gasteiger partial charge in [-0.3, -0.25) is 0 Å². The summed E-state index contributed by atoms with van der Waals surface area (Å²) in [7, 11) is 0. The van der Waals surface area contributed by atoms with Gasteiger partial charge in [0, 0.05) is 0 Å². The van der Waals surface area contributed by atoms with Gasteiger partial charge in [0.2, 0.25) is 0 Å². The molecule has 1 rings (SSSR count). The van der Waals surface area contributed by atoms with Crippen LogP contribution in [0.4, 0.5) is 0 Å². The van der Waals surface area contributed by atoms with E-state index < -0.39 is 24.0 Å². The number of rotatable bonds is 13. The summed E-state index contributed by atoms with van der Waals surface area (Å²) in [5.41, 5.74) is 0.431. The molecule has 0 bridgehead atoms. The van der Waals surface area contributed by atoms with E-state index in [9.17, 15) is 5.11 Å². The summed E-state index contributed by atoms with van der Waals surface area (Å²) in [4.78, 5) is 0. The number of unbranched alkanes of at least 4 members (excludes halogenated alkanes) is 3. The van der Waals surface area contributed by atoms with Crippen molar-refractivity contribution in [3.05, 3.63) is 35.9 Å². The van der Waals surface area contributed by atoms with Crippen LogP contribution in [0.3, 0.4) is 0 Å². The number of hydrogen-bond donors (Lipinski definition) is 1. The summed E-state index contributed by atoms with van der Waals surface area (Å²) in [5, 5.41) is 11.1. The molecular formula is C22H40OSn. The Balaban J connectivity index is 2.84. The van der Waals surface area contributed by atoms with Gasteiger partial charge in [-0.2, -0.15) is 0 Å². The maximum absolute atomic E-state index is 11.1. The number of benzene rings is 1. The predicted molar refractivity (Wildman–Crippen MR) is 110 cm³/mol. The second kappa shape index (κ2) is 11.6. The van der Waals surface area contributed by atoms with Crippen molar-refractivity contribution >= 4 is 18.4 Å². The van der Waals surface area contributed by atoms with Crippen LogP contribution in [0, 0.1) is 0 Å². The molecule has 0 aliphatic heterocycles. The second-order valence-electron chi connectivity index (χ2n) is 7.95. The van der Waals surface area contributed by atoms with Crippen LogP contribution in [0.5, 0.6) is 0 Å². The van der Waals surface area contributed by atoms with Crippen LogP contribution < -0.4 is 0 Å². The summed E-state index contributed by atoms with van der Waals surface area (Å²) >= 11 is -2.13. The molecule has 1 aromatic carbocycles. The van der Waals surface area contributed by atoms with Crippen molar-refractivity contribution < 1.29 is 5.11 Å². The summed E-state index contributed by atoms with van der Waals surface area (Å²) in [6.07, 6.45) is 9.18. The van der Waals surface area contributed by atoms with E-state index in [1.54, 1.807) is 0 Å². The van der Waals surface area contributed by atoms with Crippen LogP contribution in [0.25, 0.3) is 0 Å². The fourth-order valence-corrected chi connectivity index (χ4v) is 20.5. The van der Waals surface area contributed by atoms with Gasteiger partial charge >= 0.3 is 155 Å². The summed E-state index contributed by atoms with van der Waals surface area (Å²) < 4.78 is 5.97. The first-order valence-electron chi connectivity index (χ1n) is 10.3. The molecule has 0 radical (unpaired) electrons. The van der Waals surface area contributed by atoms with Crippen LogP contribution in [0.15, 0.2) is 30.3 Å². The maximum atomic E-state index is 11.1. The molecule has 0 saturated heterocycles. The molecule has 0 aliphatic rings. The monoisotopic (exact) mass is 440 g/mol. The Morgan fingerprint density at radius 2 is 1.25 bits per heavy atom. The molecule has 24 heavy (non-hydrogen) atoms. The van der Waals surface area contributed by atoms with Crippen LogP contribution in [0.1, 0.15) is 78.2 Å². The molecule has 0 heterocycles.